The van der Waals surface area contributed by atoms with Crippen molar-refractivity contribution in [3.63, 3.8) is 0 Å². The van der Waals surface area contributed by atoms with E-state index in [1.54, 1.807) is 18.5 Å². The Labute approximate surface area is 87.8 Å². The van der Waals surface area contributed by atoms with Crippen molar-refractivity contribution in [3.8, 4) is 0 Å². The fourth-order valence-electron chi connectivity index (χ4n) is 1.43. The van der Waals surface area contributed by atoms with Crippen molar-refractivity contribution in [3.05, 3.63) is 53.7 Å². The number of furan rings is 1. The van der Waals surface area contributed by atoms with Gasteiger partial charge < -0.3 is 4.42 Å². The smallest absolute Gasteiger partial charge is 0.202 e. The minimum atomic E-state index is -0.00880. The monoisotopic (exact) mass is 201 g/mol. The Morgan fingerprint density at radius 3 is 2.93 bits per heavy atom. The van der Waals surface area contributed by atoms with Crippen LogP contribution in [0.15, 0.2) is 41.3 Å². The van der Waals surface area contributed by atoms with E-state index in [1.165, 1.54) is 6.26 Å². The van der Waals surface area contributed by atoms with Crippen molar-refractivity contribution < 1.29 is 9.21 Å². The number of aromatic nitrogens is 1. The van der Waals surface area contributed by atoms with E-state index in [0.717, 1.165) is 11.1 Å². The van der Waals surface area contributed by atoms with Gasteiger partial charge in [0.25, 0.3) is 0 Å². The molecule has 76 valence electrons. The molecule has 0 amide bonds. The van der Waals surface area contributed by atoms with Crippen LogP contribution in [0.5, 0.6) is 0 Å². The molecule has 3 nitrogen and oxygen atoms in total. The minimum Gasteiger partial charge on any atom is -0.461 e. The molecule has 0 N–H and O–H groups in total. The molecule has 0 radical (unpaired) electrons. The molecule has 0 atom stereocenters. The summed E-state index contributed by atoms with van der Waals surface area (Å²) in [6.45, 7) is 1.86. The molecule has 0 aliphatic carbocycles. The van der Waals surface area contributed by atoms with Crippen molar-refractivity contribution in [1.29, 1.82) is 0 Å². The van der Waals surface area contributed by atoms with E-state index >= 15 is 0 Å². The third kappa shape index (κ3) is 2.13. The highest BCUT2D eigenvalue weighted by Gasteiger charge is 2.12. The molecule has 2 aromatic rings. The number of hydrogen-bond acceptors (Lipinski definition) is 3. The van der Waals surface area contributed by atoms with E-state index < -0.39 is 0 Å². The first-order chi connectivity index (χ1) is 7.27. The Morgan fingerprint density at radius 2 is 2.33 bits per heavy atom. The molecule has 0 spiro atoms. The molecule has 2 aromatic heterocycles. The SMILES string of the molecule is Cc1ccoc1C(=O)Cc1cccnc1. The van der Waals surface area contributed by atoms with Gasteiger partial charge in [-0.25, -0.2) is 0 Å². The Hall–Kier alpha value is -1.90. The van der Waals surface area contributed by atoms with Crippen LogP contribution in [-0.2, 0) is 6.42 Å². The largest absolute Gasteiger partial charge is 0.461 e. The summed E-state index contributed by atoms with van der Waals surface area (Å²) >= 11 is 0. The summed E-state index contributed by atoms with van der Waals surface area (Å²) in [7, 11) is 0. The molecule has 0 saturated heterocycles. The number of hydrogen-bond donors (Lipinski definition) is 0. The van der Waals surface area contributed by atoms with E-state index in [2.05, 4.69) is 4.98 Å². The minimum absolute atomic E-state index is 0.00880. The normalized spacial score (nSPS) is 10.2. The third-order valence-corrected chi connectivity index (χ3v) is 2.20. The first-order valence-electron chi connectivity index (χ1n) is 4.73. The molecule has 0 bridgehead atoms. The predicted octanol–water partition coefficient (Wildman–Crippen LogP) is 2.41. The summed E-state index contributed by atoms with van der Waals surface area (Å²) in [5.74, 6) is 0.435. The van der Waals surface area contributed by atoms with Crippen molar-refractivity contribution >= 4 is 5.78 Å². The van der Waals surface area contributed by atoms with Gasteiger partial charge >= 0.3 is 0 Å². The summed E-state index contributed by atoms with van der Waals surface area (Å²) < 4.78 is 5.13. The summed E-state index contributed by atoms with van der Waals surface area (Å²) in [6, 6.07) is 5.48. The van der Waals surface area contributed by atoms with Crippen LogP contribution in [0.25, 0.3) is 0 Å². The summed E-state index contributed by atoms with van der Waals surface area (Å²) in [4.78, 5) is 15.7. The first kappa shape index (κ1) is 9.65. The number of carbonyl (C=O) groups is 1. The molecule has 15 heavy (non-hydrogen) atoms. The van der Waals surface area contributed by atoms with Gasteiger partial charge in [-0.15, -0.1) is 0 Å². The molecule has 0 unspecified atom stereocenters. The maximum absolute atomic E-state index is 11.8. The number of aryl methyl sites for hydroxylation is 1. The topological polar surface area (TPSA) is 43.1 Å². The highest BCUT2D eigenvalue weighted by Crippen LogP contribution is 2.12. The lowest BCUT2D eigenvalue weighted by Crippen LogP contribution is -2.03. The van der Waals surface area contributed by atoms with E-state index in [1.807, 2.05) is 19.1 Å². The zero-order valence-electron chi connectivity index (χ0n) is 8.43. The highest BCUT2D eigenvalue weighted by atomic mass is 16.3. The lowest BCUT2D eigenvalue weighted by atomic mass is 10.1. The molecular weight excluding hydrogens is 190 g/mol. The maximum Gasteiger partial charge on any atom is 0.202 e. The van der Waals surface area contributed by atoms with Crippen LogP contribution >= 0.6 is 0 Å². The summed E-state index contributed by atoms with van der Waals surface area (Å²) in [6.07, 6.45) is 5.25. The first-order valence-corrected chi connectivity index (χ1v) is 4.73. The van der Waals surface area contributed by atoms with Crippen LogP contribution < -0.4 is 0 Å². The zero-order chi connectivity index (χ0) is 10.7. The molecule has 2 heterocycles. The molecule has 0 aliphatic rings. The van der Waals surface area contributed by atoms with Gasteiger partial charge in [-0.2, -0.15) is 0 Å². The van der Waals surface area contributed by atoms with Gasteiger partial charge in [0.2, 0.25) is 5.78 Å². The molecule has 0 fully saturated rings. The highest BCUT2D eigenvalue weighted by molar-refractivity contribution is 5.96. The van der Waals surface area contributed by atoms with Crippen molar-refractivity contribution in [2.24, 2.45) is 0 Å². The molecule has 3 heteroatoms. The van der Waals surface area contributed by atoms with Crippen LogP contribution in [-0.4, -0.2) is 10.8 Å². The molecular formula is C12H11NO2. The second kappa shape index (κ2) is 4.09. The Bertz CT molecular complexity index is 459. The van der Waals surface area contributed by atoms with Gasteiger partial charge in [-0.05, 0) is 30.2 Å². The van der Waals surface area contributed by atoms with Crippen LogP contribution in [0.3, 0.4) is 0 Å². The number of pyridine rings is 1. The van der Waals surface area contributed by atoms with E-state index in [-0.39, 0.29) is 5.78 Å². The Kier molecular flexibility index (Phi) is 2.63. The standard InChI is InChI=1S/C12H11NO2/c1-9-4-6-15-12(9)11(14)7-10-3-2-5-13-8-10/h2-6,8H,7H2,1H3. The van der Waals surface area contributed by atoms with Crippen LogP contribution in [0.2, 0.25) is 0 Å². The fourth-order valence-corrected chi connectivity index (χ4v) is 1.43. The number of Topliss-reactive ketones (excluding diaryl/α,β-unsaturated/α-hetero) is 1. The average molecular weight is 201 g/mol. The van der Waals surface area contributed by atoms with Gasteiger partial charge in [0.15, 0.2) is 5.76 Å². The molecule has 0 aliphatic heterocycles. The number of nitrogens with zero attached hydrogens (tertiary/aromatic N) is 1. The summed E-state index contributed by atoms with van der Waals surface area (Å²) in [5, 5.41) is 0. The number of rotatable bonds is 3. The van der Waals surface area contributed by atoms with Gasteiger partial charge in [0, 0.05) is 18.8 Å². The average Bonchev–Trinajstić information content (AvgIpc) is 2.66. The summed E-state index contributed by atoms with van der Waals surface area (Å²) in [5.41, 5.74) is 1.78. The van der Waals surface area contributed by atoms with Crippen molar-refractivity contribution in [2.45, 2.75) is 13.3 Å². The number of ketones is 1. The van der Waals surface area contributed by atoms with Crippen molar-refractivity contribution in [2.75, 3.05) is 0 Å². The predicted molar refractivity (Wildman–Crippen MR) is 55.7 cm³/mol. The van der Waals surface area contributed by atoms with Crippen molar-refractivity contribution in [1.82, 2.24) is 4.98 Å². The second-order valence-electron chi connectivity index (χ2n) is 3.39. The number of carbonyl (C=O) groups excluding carboxylic acids is 1. The molecule has 0 aromatic carbocycles. The zero-order valence-corrected chi connectivity index (χ0v) is 8.43. The molecule has 0 saturated carbocycles. The lowest BCUT2D eigenvalue weighted by molar-refractivity contribution is 0.0965. The van der Waals surface area contributed by atoms with Gasteiger partial charge in [-0.1, -0.05) is 6.07 Å². The maximum atomic E-state index is 11.8. The van der Waals surface area contributed by atoms with E-state index in [9.17, 15) is 4.79 Å². The fraction of sp³-hybridized carbons (Fsp3) is 0.167. The lowest BCUT2D eigenvalue weighted by Gasteiger charge is -1.98. The van der Waals surface area contributed by atoms with E-state index in [4.69, 9.17) is 4.42 Å². The van der Waals surface area contributed by atoms with Crippen LogP contribution in [0, 0.1) is 6.92 Å². The van der Waals surface area contributed by atoms with Gasteiger partial charge in [0.05, 0.1) is 6.26 Å². The second-order valence-corrected chi connectivity index (χ2v) is 3.39. The van der Waals surface area contributed by atoms with Gasteiger partial charge in [0.1, 0.15) is 0 Å². The Morgan fingerprint density at radius 1 is 1.47 bits per heavy atom. The quantitative estimate of drug-likeness (QED) is 0.716. The van der Waals surface area contributed by atoms with Gasteiger partial charge in [-0.3, -0.25) is 9.78 Å². The molecule has 2 rings (SSSR count). The van der Waals surface area contributed by atoms with Crippen LogP contribution in [0.1, 0.15) is 21.7 Å². The Balaban J connectivity index is 2.15. The third-order valence-electron chi connectivity index (χ3n) is 2.20. The van der Waals surface area contributed by atoms with E-state index in [0.29, 0.717) is 12.2 Å². The van der Waals surface area contributed by atoms with Crippen LogP contribution in [0.4, 0.5) is 0 Å².